The molecule has 0 radical (unpaired) electrons. The van der Waals surface area contributed by atoms with Gasteiger partial charge in [-0.25, -0.2) is 9.37 Å². The second-order valence-corrected chi connectivity index (χ2v) is 5.81. The van der Waals surface area contributed by atoms with Crippen molar-refractivity contribution in [2.24, 2.45) is 0 Å². The zero-order valence-electron chi connectivity index (χ0n) is 9.15. The molecule has 2 N–H and O–H groups in total. The fourth-order valence-corrected chi connectivity index (χ4v) is 2.98. The molecule has 0 spiro atoms. The third kappa shape index (κ3) is 2.00. The Kier molecular flexibility index (Phi) is 2.80. The fourth-order valence-electron chi connectivity index (χ4n) is 1.68. The molecule has 18 heavy (non-hydrogen) atoms. The number of hydrogen-bond donors (Lipinski definition) is 1. The lowest BCUT2D eigenvalue weighted by Gasteiger charge is -1.98. The molecule has 1 aromatic heterocycles. The van der Waals surface area contributed by atoms with E-state index >= 15 is 0 Å². The second-order valence-electron chi connectivity index (χ2n) is 3.87. The van der Waals surface area contributed by atoms with Gasteiger partial charge in [0.2, 0.25) is 0 Å². The highest BCUT2D eigenvalue weighted by Gasteiger charge is 2.08. The van der Waals surface area contributed by atoms with E-state index in [2.05, 4.69) is 20.9 Å². The van der Waals surface area contributed by atoms with Gasteiger partial charge in [-0.1, -0.05) is 15.9 Å². The minimum absolute atomic E-state index is 0.155. The van der Waals surface area contributed by atoms with E-state index in [1.54, 1.807) is 12.1 Å². The van der Waals surface area contributed by atoms with Gasteiger partial charge in [0.25, 0.3) is 0 Å². The molecule has 0 saturated heterocycles. The molecule has 5 heteroatoms. The summed E-state index contributed by atoms with van der Waals surface area (Å²) in [6.07, 6.45) is 0. The first kappa shape index (κ1) is 11.6. The average molecular weight is 323 g/mol. The van der Waals surface area contributed by atoms with Crippen molar-refractivity contribution >= 4 is 43.2 Å². The summed E-state index contributed by atoms with van der Waals surface area (Å²) in [7, 11) is 0. The van der Waals surface area contributed by atoms with Gasteiger partial charge in [0.15, 0.2) is 0 Å². The molecule has 2 aromatic carbocycles. The van der Waals surface area contributed by atoms with Crippen LogP contribution in [0, 0.1) is 5.82 Å². The van der Waals surface area contributed by atoms with Crippen molar-refractivity contribution in [2.75, 3.05) is 5.73 Å². The summed E-state index contributed by atoms with van der Waals surface area (Å²) in [5, 5.41) is 0.794. The lowest BCUT2D eigenvalue weighted by molar-refractivity contribution is 0.633. The summed E-state index contributed by atoms with van der Waals surface area (Å²) in [5.74, 6) is -0.409. The van der Waals surface area contributed by atoms with Crippen LogP contribution in [0.5, 0.6) is 0 Å². The maximum absolute atomic E-state index is 13.4. The molecule has 3 aromatic rings. The molecule has 0 aliphatic rings. The molecule has 2 nitrogen and oxygen atoms in total. The quantitative estimate of drug-likeness (QED) is 0.672. The Hall–Kier alpha value is -1.46. The Bertz CT molecular complexity index is 739. The smallest absolute Gasteiger partial charge is 0.146 e. The number of nitrogens with zero attached hydrogens (tertiary/aromatic N) is 1. The number of aromatic nitrogens is 1. The van der Waals surface area contributed by atoms with E-state index in [1.807, 2.05) is 18.2 Å². The van der Waals surface area contributed by atoms with Crippen LogP contribution in [-0.2, 0) is 0 Å². The van der Waals surface area contributed by atoms with Crippen LogP contribution >= 0.6 is 27.3 Å². The molecular formula is C13H8BrFN2S. The summed E-state index contributed by atoms with van der Waals surface area (Å²) in [6.45, 7) is 0. The molecular weight excluding hydrogens is 315 g/mol. The molecule has 0 amide bonds. The highest BCUT2D eigenvalue weighted by Crippen LogP contribution is 2.32. The topological polar surface area (TPSA) is 38.9 Å². The maximum atomic E-state index is 13.4. The van der Waals surface area contributed by atoms with Crippen LogP contribution in [0.15, 0.2) is 40.9 Å². The number of fused-ring (bicyclic) bond motifs is 1. The van der Waals surface area contributed by atoms with Crippen molar-refractivity contribution in [3.05, 3.63) is 46.7 Å². The fraction of sp³-hybridized carbons (Fsp3) is 0. The molecule has 0 fully saturated rings. The maximum Gasteiger partial charge on any atom is 0.146 e. The Morgan fingerprint density at radius 3 is 2.78 bits per heavy atom. The van der Waals surface area contributed by atoms with E-state index in [4.69, 9.17) is 5.73 Å². The van der Waals surface area contributed by atoms with E-state index in [0.717, 1.165) is 25.3 Å². The first-order valence-corrected chi connectivity index (χ1v) is 6.86. The van der Waals surface area contributed by atoms with E-state index in [1.165, 1.54) is 17.4 Å². The summed E-state index contributed by atoms with van der Waals surface area (Å²) in [6, 6.07) is 10.7. The van der Waals surface area contributed by atoms with Crippen molar-refractivity contribution in [1.29, 1.82) is 0 Å². The standard InChI is InChI=1S/C13H8BrFN2S/c14-8-2-4-12-11(6-8)17-13(18-12)7-1-3-10(16)9(15)5-7/h1-6H,16H2. The molecule has 0 unspecified atom stereocenters. The van der Waals surface area contributed by atoms with E-state index in [0.29, 0.717) is 0 Å². The predicted octanol–water partition coefficient (Wildman–Crippen LogP) is 4.45. The average Bonchev–Trinajstić information content (AvgIpc) is 2.75. The van der Waals surface area contributed by atoms with Crippen LogP contribution in [0.2, 0.25) is 0 Å². The molecule has 0 aliphatic heterocycles. The van der Waals surface area contributed by atoms with Crippen molar-refractivity contribution in [2.45, 2.75) is 0 Å². The van der Waals surface area contributed by atoms with Gasteiger partial charge in [-0.2, -0.15) is 0 Å². The van der Waals surface area contributed by atoms with Crippen molar-refractivity contribution < 1.29 is 4.39 Å². The lowest BCUT2D eigenvalue weighted by atomic mass is 10.2. The van der Waals surface area contributed by atoms with Crippen LogP contribution in [0.1, 0.15) is 0 Å². The van der Waals surface area contributed by atoms with E-state index in [9.17, 15) is 4.39 Å². The van der Waals surface area contributed by atoms with Gasteiger partial charge >= 0.3 is 0 Å². The molecule has 0 saturated carbocycles. The molecule has 0 aliphatic carbocycles. The van der Waals surface area contributed by atoms with Crippen LogP contribution in [0.25, 0.3) is 20.8 Å². The zero-order valence-corrected chi connectivity index (χ0v) is 11.6. The molecule has 90 valence electrons. The van der Waals surface area contributed by atoms with Gasteiger partial charge in [0.1, 0.15) is 10.8 Å². The molecule has 1 heterocycles. The van der Waals surface area contributed by atoms with Gasteiger partial charge in [-0.3, -0.25) is 0 Å². The summed E-state index contributed by atoms with van der Waals surface area (Å²) in [4.78, 5) is 4.50. The predicted molar refractivity (Wildman–Crippen MR) is 77.1 cm³/mol. The number of rotatable bonds is 1. The van der Waals surface area contributed by atoms with Crippen LogP contribution in [0.4, 0.5) is 10.1 Å². The van der Waals surface area contributed by atoms with Crippen LogP contribution in [0.3, 0.4) is 0 Å². The largest absolute Gasteiger partial charge is 0.396 e. The Morgan fingerprint density at radius 2 is 2.00 bits per heavy atom. The van der Waals surface area contributed by atoms with Crippen LogP contribution < -0.4 is 5.73 Å². The van der Waals surface area contributed by atoms with Crippen molar-refractivity contribution in [1.82, 2.24) is 4.98 Å². The number of benzene rings is 2. The summed E-state index contributed by atoms with van der Waals surface area (Å²) in [5.41, 5.74) is 7.27. The zero-order chi connectivity index (χ0) is 12.7. The van der Waals surface area contributed by atoms with E-state index < -0.39 is 5.82 Å². The van der Waals surface area contributed by atoms with E-state index in [-0.39, 0.29) is 5.69 Å². The Balaban J connectivity index is 2.16. The molecule has 0 bridgehead atoms. The first-order valence-electron chi connectivity index (χ1n) is 5.25. The van der Waals surface area contributed by atoms with Gasteiger partial charge < -0.3 is 5.73 Å². The van der Waals surface area contributed by atoms with Crippen molar-refractivity contribution in [3.63, 3.8) is 0 Å². The van der Waals surface area contributed by atoms with Crippen LogP contribution in [-0.4, -0.2) is 4.98 Å². The summed E-state index contributed by atoms with van der Waals surface area (Å²) >= 11 is 4.94. The van der Waals surface area contributed by atoms with Gasteiger partial charge in [-0.05, 0) is 36.4 Å². The normalized spacial score (nSPS) is 11.0. The number of nitrogens with two attached hydrogens (primary N) is 1. The summed E-state index contributed by atoms with van der Waals surface area (Å²) < 4.78 is 15.5. The first-order chi connectivity index (χ1) is 8.63. The third-order valence-electron chi connectivity index (χ3n) is 2.60. The van der Waals surface area contributed by atoms with Gasteiger partial charge in [0, 0.05) is 10.0 Å². The lowest BCUT2D eigenvalue weighted by Crippen LogP contribution is -1.90. The molecule has 3 rings (SSSR count). The minimum atomic E-state index is -0.409. The number of thiazole rings is 1. The highest BCUT2D eigenvalue weighted by molar-refractivity contribution is 9.10. The number of nitrogen functional groups attached to an aromatic ring is 1. The SMILES string of the molecule is Nc1ccc(-c2nc3cc(Br)ccc3s2)cc1F. The van der Waals surface area contributed by atoms with Gasteiger partial charge in [-0.15, -0.1) is 11.3 Å². The number of halogens is 2. The second kappa shape index (κ2) is 4.33. The highest BCUT2D eigenvalue weighted by atomic mass is 79.9. The third-order valence-corrected chi connectivity index (χ3v) is 4.18. The Labute approximate surface area is 115 Å². The number of hydrogen-bond acceptors (Lipinski definition) is 3. The molecule has 0 atom stereocenters. The van der Waals surface area contributed by atoms with Crippen molar-refractivity contribution in [3.8, 4) is 10.6 Å². The number of anilines is 1. The Morgan fingerprint density at radius 1 is 1.17 bits per heavy atom. The monoisotopic (exact) mass is 322 g/mol. The minimum Gasteiger partial charge on any atom is -0.396 e. The van der Waals surface area contributed by atoms with Gasteiger partial charge in [0.05, 0.1) is 15.9 Å².